The van der Waals surface area contributed by atoms with Crippen LogP contribution in [-0.2, 0) is 10.5 Å². The molecule has 1 amide bonds. The standard InChI is InChI=1S/C29H29ClN6O2S/c1-18-25(27(37)32-23-11-7-8-12-24(23)38-4)26(19-13-15-21(16-14-19)35(2)3)36-28(31-18)33-29(34-36)39-17-20-9-5-6-10-22(20)30/h5-16,26H,17H2,1-4H3,(H,32,37)(H,31,33,34). The van der Waals surface area contributed by atoms with Crippen molar-refractivity contribution in [2.45, 2.75) is 23.9 Å². The highest BCUT2D eigenvalue weighted by molar-refractivity contribution is 7.98. The maximum absolute atomic E-state index is 13.8. The number of rotatable bonds is 8. The van der Waals surface area contributed by atoms with Crippen LogP contribution in [0.5, 0.6) is 5.75 Å². The van der Waals surface area contributed by atoms with E-state index < -0.39 is 6.04 Å². The number of fused-ring (bicyclic) bond motifs is 1. The molecule has 0 saturated heterocycles. The minimum Gasteiger partial charge on any atom is -0.495 e. The second-order valence-electron chi connectivity index (χ2n) is 9.25. The molecule has 0 bridgehead atoms. The van der Waals surface area contributed by atoms with Crippen molar-refractivity contribution in [3.63, 3.8) is 0 Å². The highest BCUT2D eigenvalue weighted by Gasteiger charge is 2.34. The molecule has 1 atom stereocenters. The number of ether oxygens (including phenoxy) is 1. The molecule has 1 aromatic heterocycles. The number of thioether (sulfide) groups is 1. The van der Waals surface area contributed by atoms with Gasteiger partial charge < -0.3 is 20.3 Å². The minimum atomic E-state index is -0.491. The van der Waals surface area contributed by atoms with Gasteiger partial charge in [0.15, 0.2) is 0 Å². The van der Waals surface area contributed by atoms with Crippen LogP contribution in [0.2, 0.25) is 5.02 Å². The fourth-order valence-corrected chi connectivity index (χ4v) is 5.56. The predicted octanol–water partition coefficient (Wildman–Crippen LogP) is 6.23. The number of nitrogens with one attached hydrogen (secondary N) is 2. The van der Waals surface area contributed by atoms with Crippen LogP contribution < -0.4 is 20.3 Å². The fraction of sp³-hybridized carbons (Fsp3) is 0.207. The Morgan fingerprint density at radius 2 is 1.82 bits per heavy atom. The third-order valence-corrected chi connectivity index (χ3v) is 7.73. The molecule has 39 heavy (non-hydrogen) atoms. The number of halogens is 1. The maximum Gasteiger partial charge on any atom is 0.255 e. The van der Waals surface area contributed by atoms with Crippen LogP contribution in [0, 0.1) is 0 Å². The number of hydrogen-bond donors (Lipinski definition) is 2. The van der Waals surface area contributed by atoms with Crippen LogP contribution >= 0.6 is 23.4 Å². The van der Waals surface area contributed by atoms with Crippen LogP contribution in [0.15, 0.2) is 89.2 Å². The quantitative estimate of drug-likeness (QED) is 0.247. The molecule has 1 aliphatic heterocycles. The summed E-state index contributed by atoms with van der Waals surface area (Å²) in [6.07, 6.45) is 0. The van der Waals surface area contributed by atoms with Gasteiger partial charge in [-0.3, -0.25) is 4.79 Å². The highest BCUT2D eigenvalue weighted by atomic mass is 35.5. The summed E-state index contributed by atoms with van der Waals surface area (Å²) in [6.45, 7) is 1.88. The maximum atomic E-state index is 13.8. The van der Waals surface area contributed by atoms with E-state index in [2.05, 4.69) is 10.6 Å². The van der Waals surface area contributed by atoms with E-state index in [4.69, 9.17) is 26.4 Å². The van der Waals surface area contributed by atoms with Crippen LogP contribution in [-0.4, -0.2) is 41.9 Å². The van der Waals surface area contributed by atoms with E-state index in [1.165, 1.54) is 11.8 Å². The number of para-hydroxylation sites is 2. The van der Waals surface area contributed by atoms with E-state index in [9.17, 15) is 4.79 Å². The zero-order chi connectivity index (χ0) is 27.5. The second kappa shape index (κ2) is 11.4. The Morgan fingerprint density at radius 1 is 1.10 bits per heavy atom. The Bertz CT molecular complexity index is 1530. The van der Waals surface area contributed by atoms with Gasteiger partial charge in [-0.2, -0.15) is 4.98 Å². The second-order valence-corrected chi connectivity index (χ2v) is 10.6. The van der Waals surface area contributed by atoms with E-state index >= 15 is 0 Å². The van der Waals surface area contributed by atoms with E-state index in [1.807, 2.05) is 98.7 Å². The topological polar surface area (TPSA) is 84.3 Å². The van der Waals surface area contributed by atoms with E-state index in [0.717, 1.165) is 16.8 Å². The van der Waals surface area contributed by atoms with Crippen molar-refractivity contribution in [2.24, 2.45) is 0 Å². The first kappa shape index (κ1) is 26.6. The summed E-state index contributed by atoms with van der Waals surface area (Å²) >= 11 is 7.85. The minimum absolute atomic E-state index is 0.252. The van der Waals surface area contributed by atoms with E-state index in [1.54, 1.807) is 11.8 Å². The smallest absolute Gasteiger partial charge is 0.255 e. The molecule has 1 unspecified atom stereocenters. The summed E-state index contributed by atoms with van der Waals surface area (Å²) in [5, 5.41) is 12.5. The van der Waals surface area contributed by atoms with Crippen molar-refractivity contribution in [3.8, 4) is 5.75 Å². The number of allylic oxidation sites excluding steroid dienone is 1. The first-order chi connectivity index (χ1) is 18.9. The lowest BCUT2D eigenvalue weighted by Crippen LogP contribution is -2.31. The molecular weight excluding hydrogens is 532 g/mol. The monoisotopic (exact) mass is 560 g/mol. The molecule has 1 aliphatic rings. The Balaban J connectivity index is 1.51. The summed E-state index contributed by atoms with van der Waals surface area (Å²) in [5.74, 6) is 1.53. The van der Waals surface area contributed by atoms with Gasteiger partial charge in [0, 0.05) is 36.3 Å². The molecule has 0 spiro atoms. The Labute approximate surface area is 237 Å². The van der Waals surface area contributed by atoms with Gasteiger partial charge >= 0.3 is 0 Å². The molecule has 2 heterocycles. The number of aromatic nitrogens is 3. The van der Waals surface area contributed by atoms with Crippen molar-refractivity contribution in [1.82, 2.24) is 14.8 Å². The van der Waals surface area contributed by atoms with Gasteiger partial charge in [0.2, 0.25) is 11.1 Å². The SMILES string of the molecule is COc1ccccc1NC(=O)C1=C(C)Nc2nc(SCc3ccccc3Cl)nn2C1c1ccc(N(C)C)cc1. The number of amides is 1. The molecule has 4 aromatic rings. The molecule has 0 fully saturated rings. The molecule has 0 radical (unpaired) electrons. The van der Waals surface area contributed by atoms with Gasteiger partial charge in [-0.25, -0.2) is 4.68 Å². The zero-order valence-corrected chi connectivity index (χ0v) is 23.7. The van der Waals surface area contributed by atoms with Gasteiger partial charge in [0.25, 0.3) is 5.91 Å². The van der Waals surface area contributed by atoms with E-state index in [-0.39, 0.29) is 5.91 Å². The summed E-state index contributed by atoms with van der Waals surface area (Å²) in [7, 11) is 5.57. The average Bonchev–Trinajstić information content (AvgIpc) is 3.34. The third-order valence-electron chi connectivity index (χ3n) is 6.47. The fourth-order valence-electron chi connectivity index (χ4n) is 4.44. The van der Waals surface area contributed by atoms with Crippen molar-refractivity contribution < 1.29 is 9.53 Å². The lowest BCUT2D eigenvalue weighted by molar-refractivity contribution is -0.113. The number of methoxy groups -OCH3 is 1. The molecule has 3 aromatic carbocycles. The van der Waals surface area contributed by atoms with Crippen LogP contribution in [0.1, 0.15) is 24.1 Å². The number of nitrogens with zero attached hydrogens (tertiary/aromatic N) is 4. The molecule has 5 rings (SSSR count). The van der Waals surface area contributed by atoms with Gasteiger partial charge in [-0.15, -0.1) is 5.10 Å². The average molecular weight is 561 g/mol. The van der Waals surface area contributed by atoms with Crippen molar-refractivity contribution in [1.29, 1.82) is 0 Å². The van der Waals surface area contributed by atoms with Gasteiger partial charge in [-0.1, -0.05) is 65.8 Å². The third kappa shape index (κ3) is 5.60. The molecule has 8 nitrogen and oxygen atoms in total. The first-order valence-electron chi connectivity index (χ1n) is 12.4. The van der Waals surface area contributed by atoms with Crippen LogP contribution in [0.4, 0.5) is 17.3 Å². The lowest BCUT2D eigenvalue weighted by Gasteiger charge is -2.29. The number of carbonyl (C=O) groups is 1. The van der Waals surface area contributed by atoms with Gasteiger partial charge in [0.05, 0.1) is 18.4 Å². The molecule has 200 valence electrons. The molecule has 2 N–H and O–H groups in total. The Morgan fingerprint density at radius 3 is 2.54 bits per heavy atom. The lowest BCUT2D eigenvalue weighted by atomic mass is 9.94. The zero-order valence-electron chi connectivity index (χ0n) is 22.1. The largest absolute Gasteiger partial charge is 0.495 e. The van der Waals surface area contributed by atoms with E-state index in [0.29, 0.717) is 44.6 Å². The summed E-state index contributed by atoms with van der Waals surface area (Å²) in [6, 6.07) is 22.7. The van der Waals surface area contributed by atoms with Gasteiger partial charge in [0.1, 0.15) is 11.8 Å². The van der Waals surface area contributed by atoms with Crippen LogP contribution in [0.25, 0.3) is 0 Å². The summed E-state index contributed by atoms with van der Waals surface area (Å²) in [4.78, 5) is 20.6. The molecule has 0 saturated carbocycles. The van der Waals surface area contributed by atoms with Crippen LogP contribution in [0.3, 0.4) is 0 Å². The normalized spacial score (nSPS) is 14.4. The Kier molecular flexibility index (Phi) is 7.81. The number of carbonyl (C=O) groups excluding carboxylic acids is 1. The highest BCUT2D eigenvalue weighted by Crippen LogP contribution is 2.38. The first-order valence-corrected chi connectivity index (χ1v) is 13.7. The summed E-state index contributed by atoms with van der Waals surface area (Å²) in [5.41, 5.74) is 4.81. The number of anilines is 3. The van der Waals surface area contributed by atoms with Gasteiger partial charge in [-0.05, 0) is 48.4 Å². The van der Waals surface area contributed by atoms with Crippen molar-refractivity contribution in [3.05, 3.63) is 100 Å². The molecule has 10 heteroatoms. The Hall–Kier alpha value is -3.95. The predicted molar refractivity (Wildman–Crippen MR) is 158 cm³/mol. The molecule has 0 aliphatic carbocycles. The van der Waals surface area contributed by atoms with Crippen molar-refractivity contribution >= 4 is 46.6 Å². The number of benzene rings is 3. The number of hydrogen-bond acceptors (Lipinski definition) is 7. The summed E-state index contributed by atoms with van der Waals surface area (Å²) < 4.78 is 7.23. The van der Waals surface area contributed by atoms with Crippen molar-refractivity contribution in [2.75, 3.05) is 36.7 Å². The molecular formula is C29H29ClN6O2S.